The minimum atomic E-state index is -3.58. The number of hydrogen-bond acceptors (Lipinski definition) is 3. The highest BCUT2D eigenvalue weighted by Gasteiger charge is 2.24. The van der Waals surface area contributed by atoms with E-state index >= 15 is 0 Å². The van der Waals surface area contributed by atoms with Crippen molar-refractivity contribution in [2.24, 2.45) is 11.7 Å². The van der Waals surface area contributed by atoms with Crippen LogP contribution in [0.1, 0.15) is 25.8 Å². The molecule has 6 heteroatoms. The van der Waals surface area contributed by atoms with Crippen LogP contribution >= 0.6 is 11.6 Å². The Morgan fingerprint density at radius 3 is 2.62 bits per heavy atom. The van der Waals surface area contributed by atoms with E-state index in [9.17, 15) is 8.42 Å². The second-order valence-electron chi connectivity index (χ2n) is 4.95. The van der Waals surface area contributed by atoms with Gasteiger partial charge in [-0.25, -0.2) is 12.7 Å². The van der Waals surface area contributed by atoms with Gasteiger partial charge in [0.1, 0.15) is 4.90 Å². The van der Waals surface area contributed by atoms with Crippen LogP contribution in [-0.2, 0) is 10.0 Å². The molecule has 0 saturated carbocycles. The molecule has 4 nitrogen and oxygen atoms in total. The molecule has 0 spiro atoms. The minimum absolute atomic E-state index is 0.105. The third-order valence-electron chi connectivity index (χ3n) is 3.22. The van der Waals surface area contributed by atoms with Gasteiger partial charge in [0, 0.05) is 19.2 Å². The topological polar surface area (TPSA) is 63.4 Å². The molecule has 0 saturated heterocycles. The summed E-state index contributed by atoms with van der Waals surface area (Å²) in [6.45, 7) is 4.75. The first-order valence-corrected chi connectivity index (χ1v) is 8.59. The lowest BCUT2D eigenvalue weighted by Gasteiger charge is -2.21. The average Bonchev–Trinajstić information content (AvgIpc) is 2.44. The van der Waals surface area contributed by atoms with Gasteiger partial charge in [-0.1, -0.05) is 43.7 Å². The van der Waals surface area contributed by atoms with Gasteiger partial charge in [-0.2, -0.15) is 0 Å². The zero-order valence-electron chi connectivity index (χ0n) is 12.6. The molecule has 0 aliphatic rings. The molecule has 116 valence electrons. The predicted molar refractivity (Wildman–Crippen MR) is 86.7 cm³/mol. The summed E-state index contributed by atoms with van der Waals surface area (Å²) in [5.74, 6) is 5.82. The Labute approximate surface area is 132 Å². The van der Waals surface area contributed by atoms with E-state index in [1.54, 1.807) is 19.2 Å². The van der Waals surface area contributed by atoms with Crippen LogP contribution < -0.4 is 5.73 Å². The Balaban J connectivity index is 3.09. The summed E-state index contributed by atoms with van der Waals surface area (Å²) in [6.07, 6.45) is 0.918. The SMILES string of the molecule is CCC(C)CN(C)S(=O)(=O)c1ccc(C#CCN)cc1Cl. The third-order valence-corrected chi connectivity index (χ3v) is 5.53. The Morgan fingerprint density at radius 1 is 1.43 bits per heavy atom. The van der Waals surface area contributed by atoms with Crippen molar-refractivity contribution in [3.63, 3.8) is 0 Å². The maximum atomic E-state index is 12.5. The van der Waals surface area contributed by atoms with Crippen LogP contribution in [0.2, 0.25) is 5.02 Å². The van der Waals surface area contributed by atoms with Crippen molar-refractivity contribution in [3.05, 3.63) is 28.8 Å². The van der Waals surface area contributed by atoms with Crippen molar-refractivity contribution in [2.75, 3.05) is 20.1 Å². The molecule has 0 aliphatic heterocycles. The van der Waals surface area contributed by atoms with Crippen molar-refractivity contribution in [1.29, 1.82) is 0 Å². The fourth-order valence-electron chi connectivity index (χ4n) is 1.77. The van der Waals surface area contributed by atoms with Crippen LogP contribution in [0, 0.1) is 17.8 Å². The van der Waals surface area contributed by atoms with Crippen molar-refractivity contribution >= 4 is 21.6 Å². The quantitative estimate of drug-likeness (QED) is 0.844. The van der Waals surface area contributed by atoms with Gasteiger partial charge >= 0.3 is 0 Å². The molecule has 0 radical (unpaired) electrons. The molecule has 0 heterocycles. The number of hydrogen-bond donors (Lipinski definition) is 1. The summed E-state index contributed by atoms with van der Waals surface area (Å²) >= 11 is 6.10. The van der Waals surface area contributed by atoms with Gasteiger partial charge in [-0.05, 0) is 24.1 Å². The number of benzene rings is 1. The number of rotatable bonds is 5. The molecule has 0 aromatic heterocycles. The van der Waals surface area contributed by atoms with Gasteiger partial charge in [0.15, 0.2) is 0 Å². The Bertz CT molecular complexity index is 647. The smallest absolute Gasteiger partial charge is 0.244 e. The number of halogens is 1. The third kappa shape index (κ3) is 4.72. The molecule has 0 fully saturated rings. The highest BCUT2D eigenvalue weighted by molar-refractivity contribution is 7.89. The number of sulfonamides is 1. The van der Waals surface area contributed by atoms with Gasteiger partial charge in [0.05, 0.1) is 11.6 Å². The summed E-state index contributed by atoms with van der Waals surface area (Å²) in [5, 5.41) is 0.176. The molecule has 21 heavy (non-hydrogen) atoms. The van der Waals surface area contributed by atoms with E-state index in [1.807, 2.05) is 13.8 Å². The van der Waals surface area contributed by atoms with Crippen molar-refractivity contribution in [1.82, 2.24) is 4.31 Å². The first-order valence-electron chi connectivity index (χ1n) is 6.77. The molecule has 1 aromatic carbocycles. The summed E-state index contributed by atoms with van der Waals surface area (Å²) < 4.78 is 26.4. The standard InChI is InChI=1S/C15H21ClN2O2S/c1-4-12(2)11-18(3)21(19,20)15-8-7-13(6-5-9-17)10-14(15)16/h7-8,10,12H,4,9,11,17H2,1-3H3. The maximum absolute atomic E-state index is 12.5. The first-order chi connectivity index (χ1) is 9.82. The highest BCUT2D eigenvalue weighted by atomic mass is 35.5. The second-order valence-corrected chi connectivity index (χ2v) is 7.37. The summed E-state index contributed by atoms with van der Waals surface area (Å²) in [4.78, 5) is 0.105. The van der Waals surface area contributed by atoms with E-state index in [-0.39, 0.29) is 16.5 Å². The second kappa shape index (κ2) is 7.81. The van der Waals surface area contributed by atoms with Gasteiger partial charge in [0.25, 0.3) is 0 Å². The fraction of sp³-hybridized carbons (Fsp3) is 0.467. The van der Waals surface area contributed by atoms with E-state index in [1.165, 1.54) is 10.4 Å². The molecule has 1 unspecified atom stereocenters. The molecule has 0 bridgehead atoms. The molecule has 2 N–H and O–H groups in total. The zero-order chi connectivity index (χ0) is 16.0. The van der Waals surface area contributed by atoms with Crippen molar-refractivity contribution < 1.29 is 8.42 Å². The van der Waals surface area contributed by atoms with E-state index in [0.29, 0.717) is 18.0 Å². The lowest BCUT2D eigenvalue weighted by atomic mass is 10.1. The Hall–Kier alpha value is -1.06. The lowest BCUT2D eigenvalue weighted by molar-refractivity contribution is 0.393. The highest BCUT2D eigenvalue weighted by Crippen LogP contribution is 2.25. The number of nitrogens with zero attached hydrogens (tertiary/aromatic N) is 1. The first kappa shape index (κ1) is 18.0. The van der Waals surface area contributed by atoms with Gasteiger partial charge in [0.2, 0.25) is 10.0 Å². The zero-order valence-corrected chi connectivity index (χ0v) is 14.1. The molecule has 0 aliphatic carbocycles. The molecule has 1 rings (SSSR count). The summed E-state index contributed by atoms with van der Waals surface area (Å²) in [7, 11) is -2.01. The van der Waals surface area contributed by atoms with Crippen LogP contribution in [0.5, 0.6) is 0 Å². The van der Waals surface area contributed by atoms with Gasteiger partial charge in [-0.15, -0.1) is 0 Å². The van der Waals surface area contributed by atoms with E-state index in [0.717, 1.165) is 6.42 Å². The van der Waals surface area contributed by atoms with Crippen molar-refractivity contribution in [2.45, 2.75) is 25.2 Å². The van der Waals surface area contributed by atoms with Crippen LogP contribution in [0.3, 0.4) is 0 Å². The molecule has 1 atom stereocenters. The minimum Gasteiger partial charge on any atom is -0.320 e. The largest absolute Gasteiger partial charge is 0.320 e. The number of nitrogens with two attached hydrogens (primary N) is 1. The van der Waals surface area contributed by atoms with E-state index < -0.39 is 10.0 Å². The maximum Gasteiger partial charge on any atom is 0.244 e. The molecule has 0 amide bonds. The molecule has 1 aromatic rings. The monoisotopic (exact) mass is 328 g/mol. The van der Waals surface area contributed by atoms with Gasteiger partial charge < -0.3 is 5.73 Å². The fourth-order valence-corrected chi connectivity index (χ4v) is 3.58. The summed E-state index contributed by atoms with van der Waals surface area (Å²) in [6, 6.07) is 4.68. The van der Waals surface area contributed by atoms with Crippen LogP contribution in [0.15, 0.2) is 23.1 Å². The van der Waals surface area contributed by atoms with E-state index in [2.05, 4.69) is 11.8 Å². The predicted octanol–water partition coefficient (Wildman–Crippen LogP) is 2.32. The Morgan fingerprint density at radius 2 is 2.10 bits per heavy atom. The van der Waals surface area contributed by atoms with E-state index in [4.69, 9.17) is 17.3 Å². The molecular formula is C15H21ClN2O2S. The van der Waals surface area contributed by atoms with Crippen molar-refractivity contribution in [3.8, 4) is 11.8 Å². The van der Waals surface area contributed by atoms with Crippen LogP contribution in [0.25, 0.3) is 0 Å². The van der Waals surface area contributed by atoms with Gasteiger partial charge in [-0.3, -0.25) is 0 Å². The average molecular weight is 329 g/mol. The van der Waals surface area contributed by atoms with Crippen LogP contribution in [-0.4, -0.2) is 32.9 Å². The normalized spacial score (nSPS) is 12.9. The molecular weight excluding hydrogens is 308 g/mol. The lowest BCUT2D eigenvalue weighted by Crippen LogP contribution is -2.31. The van der Waals surface area contributed by atoms with Crippen LogP contribution in [0.4, 0.5) is 0 Å². The summed E-state index contributed by atoms with van der Waals surface area (Å²) in [5.41, 5.74) is 5.95. The Kier molecular flexibility index (Phi) is 6.69.